The Balaban J connectivity index is 1.71. The van der Waals surface area contributed by atoms with Gasteiger partial charge in [0.2, 0.25) is 5.91 Å². The Morgan fingerprint density at radius 3 is 2.82 bits per heavy atom. The van der Waals surface area contributed by atoms with E-state index in [1.807, 2.05) is 43.2 Å². The first-order valence-electron chi connectivity index (χ1n) is 7.73. The van der Waals surface area contributed by atoms with Gasteiger partial charge < -0.3 is 14.5 Å². The fourth-order valence-electron chi connectivity index (χ4n) is 3.15. The Morgan fingerprint density at radius 2 is 2.14 bits per heavy atom. The van der Waals surface area contributed by atoms with Gasteiger partial charge in [-0.1, -0.05) is 6.07 Å². The first-order valence-corrected chi connectivity index (χ1v) is 7.73. The molecule has 1 aromatic heterocycles. The van der Waals surface area contributed by atoms with E-state index in [2.05, 4.69) is 16.0 Å². The lowest BCUT2D eigenvalue weighted by atomic mass is 10.1. The van der Waals surface area contributed by atoms with Gasteiger partial charge in [0.05, 0.1) is 25.2 Å². The van der Waals surface area contributed by atoms with Gasteiger partial charge in [-0.2, -0.15) is 0 Å². The molecule has 0 aromatic carbocycles. The number of likely N-dealkylation sites (N-methyl/N-ethyl adjacent to an activating group) is 1. The Labute approximate surface area is 131 Å². The molecule has 0 unspecified atom stereocenters. The van der Waals surface area contributed by atoms with E-state index >= 15 is 0 Å². The molecule has 22 heavy (non-hydrogen) atoms. The van der Waals surface area contributed by atoms with E-state index in [1.165, 1.54) is 5.56 Å². The quantitative estimate of drug-likeness (QED) is 0.811. The van der Waals surface area contributed by atoms with Crippen molar-refractivity contribution in [2.24, 2.45) is 5.92 Å². The number of carbonyl (C=O) groups is 1. The summed E-state index contributed by atoms with van der Waals surface area (Å²) in [5.74, 6) is 1.12. The molecule has 6 heteroatoms. The molecule has 2 saturated heterocycles. The summed E-state index contributed by atoms with van der Waals surface area (Å²) >= 11 is 0. The second kappa shape index (κ2) is 6.22. The van der Waals surface area contributed by atoms with Crippen LogP contribution in [0.3, 0.4) is 0 Å². The predicted molar refractivity (Wildman–Crippen MR) is 84.7 cm³/mol. The average molecular weight is 304 g/mol. The fraction of sp³-hybridized carbons (Fsp3) is 0.625. The third kappa shape index (κ3) is 3.08. The van der Waals surface area contributed by atoms with Crippen LogP contribution in [0.4, 0.5) is 5.82 Å². The van der Waals surface area contributed by atoms with Crippen LogP contribution in [-0.2, 0) is 16.1 Å². The molecule has 2 atom stereocenters. The van der Waals surface area contributed by atoms with E-state index in [9.17, 15) is 4.79 Å². The molecule has 0 N–H and O–H groups in total. The molecule has 2 fully saturated rings. The highest BCUT2D eigenvalue weighted by Crippen LogP contribution is 2.21. The average Bonchev–Trinajstić information content (AvgIpc) is 2.66. The molecule has 2 aliphatic rings. The number of rotatable bonds is 3. The van der Waals surface area contributed by atoms with Gasteiger partial charge in [0.15, 0.2) is 0 Å². The zero-order valence-corrected chi connectivity index (χ0v) is 13.5. The largest absolute Gasteiger partial charge is 0.378 e. The number of hydrogen-bond donors (Lipinski definition) is 0. The standard InChI is InChI=1S/C16H24N4O2/c1-18(2)15-5-4-12(6-17-15)7-20-8-13-10-22-11-14(9-20)19(3)16(13)21/h4-6,13-14H,7-11H2,1-3H3/t13-,14+/m1/s1. The molecule has 120 valence electrons. The van der Waals surface area contributed by atoms with E-state index < -0.39 is 0 Å². The number of amides is 1. The summed E-state index contributed by atoms with van der Waals surface area (Å²) in [5.41, 5.74) is 1.18. The maximum absolute atomic E-state index is 12.3. The van der Waals surface area contributed by atoms with Crippen molar-refractivity contribution in [2.45, 2.75) is 12.6 Å². The van der Waals surface area contributed by atoms with Crippen molar-refractivity contribution in [3.63, 3.8) is 0 Å². The van der Waals surface area contributed by atoms with Crippen molar-refractivity contribution < 1.29 is 9.53 Å². The molecule has 3 heterocycles. The van der Waals surface area contributed by atoms with Gasteiger partial charge in [-0.15, -0.1) is 0 Å². The van der Waals surface area contributed by atoms with Crippen LogP contribution in [0, 0.1) is 5.92 Å². The van der Waals surface area contributed by atoms with Gasteiger partial charge in [-0.25, -0.2) is 4.98 Å². The van der Waals surface area contributed by atoms with Crippen LogP contribution in [-0.4, -0.2) is 74.2 Å². The molecule has 1 amide bonds. The van der Waals surface area contributed by atoms with Crippen molar-refractivity contribution in [1.29, 1.82) is 0 Å². The summed E-state index contributed by atoms with van der Waals surface area (Å²) in [6, 6.07) is 4.30. The van der Waals surface area contributed by atoms with E-state index in [1.54, 1.807) is 0 Å². The minimum Gasteiger partial charge on any atom is -0.378 e. The zero-order valence-electron chi connectivity index (χ0n) is 13.5. The molecule has 6 nitrogen and oxygen atoms in total. The van der Waals surface area contributed by atoms with E-state index in [0.717, 1.165) is 25.5 Å². The Bertz CT molecular complexity index is 531. The highest BCUT2D eigenvalue weighted by molar-refractivity contribution is 5.79. The Kier molecular flexibility index (Phi) is 4.31. The second-order valence-corrected chi connectivity index (χ2v) is 6.45. The van der Waals surface area contributed by atoms with Crippen LogP contribution in [0.5, 0.6) is 0 Å². The van der Waals surface area contributed by atoms with Gasteiger partial charge >= 0.3 is 0 Å². The third-order valence-corrected chi connectivity index (χ3v) is 4.49. The Hall–Kier alpha value is -1.66. The number of anilines is 1. The smallest absolute Gasteiger partial charge is 0.229 e. The molecule has 0 aliphatic carbocycles. The van der Waals surface area contributed by atoms with Gasteiger partial charge in [-0.3, -0.25) is 9.69 Å². The molecule has 0 saturated carbocycles. The predicted octanol–water partition coefficient (Wildman–Crippen LogP) is 0.437. The lowest BCUT2D eigenvalue weighted by Crippen LogP contribution is -2.42. The normalized spacial score (nSPS) is 26.0. The van der Waals surface area contributed by atoms with E-state index in [-0.39, 0.29) is 17.9 Å². The van der Waals surface area contributed by atoms with Crippen LogP contribution in [0.2, 0.25) is 0 Å². The van der Waals surface area contributed by atoms with Crippen LogP contribution in [0.1, 0.15) is 5.56 Å². The molecular weight excluding hydrogens is 280 g/mol. The highest BCUT2D eigenvalue weighted by atomic mass is 16.5. The highest BCUT2D eigenvalue weighted by Gasteiger charge is 2.37. The van der Waals surface area contributed by atoms with Crippen LogP contribution < -0.4 is 4.90 Å². The van der Waals surface area contributed by atoms with Crippen LogP contribution in [0.25, 0.3) is 0 Å². The van der Waals surface area contributed by atoms with Crippen molar-refractivity contribution in [3.05, 3.63) is 23.9 Å². The van der Waals surface area contributed by atoms with E-state index in [4.69, 9.17) is 4.74 Å². The number of nitrogens with zero attached hydrogens (tertiary/aromatic N) is 4. The molecule has 2 aliphatic heterocycles. The van der Waals surface area contributed by atoms with E-state index in [0.29, 0.717) is 13.2 Å². The first kappa shape index (κ1) is 15.2. The summed E-state index contributed by atoms with van der Waals surface area (Å²) in [5, 5.41) is 0. The van der Waals surface area contributed by atoms with Gasteiger partial charge in [0.1, 0.15) is 5.82 Å². The van der Waals surface area contributed by atoms with Crippen molar-refractivity contribution in [2.75, 3.05) is 52.3 Å². The SMILES string of the molecule is CN(C)c1ccc(CN2C[C@@H]3COC[C@H](C2)N(C)C3=O)cn1. The number of fused-ring (bicyclic) bond motifs is 3. The van der Waals surface area contributed by atoms with Crippen LogP contribution in [0.15, 0.2) is 18.3 Å². The summed E-state index contributed by atoms with van der Waals surface area (Å²) in [4.78, 5) is 23.0. The lowest BCUT2D eigenvalue weighted by molar-refractivity contribution is -0.133. The number of ether oxygens (including phenoxy) is 1. The zero-order chi connectivity index (χ0) is 15.7. The van der Waals surface area contributed by atoms with Gasteiger partial charge in [-0.05, 0) is 11.6 Å². The minimum atomic E-state index is -0.0495. The third-order valence-electron chi connectivity index (χ3n) is 4.49. The van der Waals surface area contributed by atoms with Crippen LogP contribution >= 0.6 is 0 Å². The summed E-state index contributed by atoms with van der Waals surface area (Å²) in [6.07, 6.45) is 1.93. The molecule has 0 spiro atoms. The first-order chi connectivity index (χ1) is 10.5. The van der Waals surface area contributed by atoms with Crippen molar-refractivity contribution >= 4 is 11.7 Å². The topological polar surface area (TPSA) is 48.9 Å². The monoisotopic (exact) mass is 304 g/mol. The minimum absolute atomic E-state index is 0.0495. The molecule has 2 bridgehead atoms. The Morgan fingerprint density at radius 1 is 1.32 bits per heavy atom. The fourth-order valence-corrected chi connectivity index (χ4v) is 3.15. The molecule has 1 aromatic rings. The second-order valence-electron chi connectivity index (χ2n) is 6.45. The van der Waals surface area contributed by atoms with Crippen molar-refractivity contribution in [1.82, 2.24) is 14.8 Å². The summed E-state index contributed by atoms with van der Waals surface area (Å²) in [7, 11) is 5.87. The molecule has 0 radical (unpaired) electrons. The maximum atomic E-state index is 12.3. The number of carbonyl (C=O) groups excluding carboxylic acids is 1. The maximum Gasteiger partial charge on any atom is 0.229 e. The molecular formula is C16H24N4O2. The molecule has 3 rings (SSSR count). The number of aromatic nitrogens is 1. The number of pyridine rings is 1. The summed E-state index contributed by atoms with van der Waals surface area (Å²) < 4.78 is 5.64. The lowest BCUT2D eigenvalue weighted by Gasteiger charge is -2.29. The van der Waals surface area contributed by atoms with Crippen molar-refractivity contribution in [3.8, 4) is 0 Å². The van der Waals surface area contributed by atoms with Gasteiger partial charge in [0.25, 0.3) is 0 Å². The summed E-state index contributed by atoms with van der Waals surface area (Å²) in [6.45, 7) is 3.61. The number of hydrogen-bond acceptors (Lipinski definition) is 5. The van der Waals surface area contributed by atoms with Gasteiger partial charge in [0, 0.05) is 47.0 Å².